The van der Waals surface area contributed by atoms with Crippen LogP contribution in [-0.2, 0) is 11.3 Å². The average molecular weight is 366 g/mol. The van der Waals surface area contributed by atoms with Gasteiger partial charge in [0.2, 0.25) is 5.91 Å². The molecule has 3 heterocycles. The van der Waals surface area contributed by atoms with Crippen LogP contribution in [0.1, 0.15) is 18.4 Å². The summed E-state index contributed by atoms with van der Waals surface area (Å²) in [4.78, 5) is 25.4. The van der Waals surface area contributed by atoms with E-state index in [1.807, 2.05) is 42.6 Å². The van der Waals surface area contributed by atoms with E-state index in [0.717, 1.165) is 16.3 Å². The van der Waals surface area contributed by atoms with Gasteiger partial charge in [0, 0.05) is 10.9 Å². The number of hydrogen-bond acceptors (Lipinski definition) is 7. The summed E-state index contributed by atoms with van der Waals surface area (Å²) in [5, 5.41) is 12.2. The van der Waals surface area contributed by atoms with Crippen LogP contribution in [-0.4, -0.2) is 26.9 Å². The molecule has 0 saturated carbocycles. The van der Waals surface area contributed by atoms with E-state index in [2.05, 4.69) is 30.9 Å². The maximum Gasteiger partial charge on any atom is 0.246 e. The molecule has 0 radical (unpaired) electrons. The molecule has 4 rings (SSSR count). The Morgan fingerprint density at radius 3 is 2.81 bits per heavy atom. The van der Waals surface area contributed by atoms with Crippen LogP contribution in [0.2, 0.25) is 0 Å². The van der Waals surface area contributed by atoms with Crippen molar-refractivity contribution in [1.82, 2.24) is 15.0 Å². The summed E-state index contributed by atoms with van der Waals surface area (Å²) in [6, 6.07) is 9.76. The van der Waals surface area contributed by atoms with E-state index in [1.54, 1.807) is 18.3 Å². The molecule has 3 aromatic rings. The lowest BCUT2D eigenvalue weighted by molar-refractivity contribution is -0.116. The highest BCUT2D eigenvalue weighted by Gasteiger charge is 2.26. The second-order valence-electron chi connectivity index (χ2n) is 6.06. The molecule has 1 aromatic carbocycles. The molecule has 1 aliphatic heterocycles. The van der Waals surface area contributed by atoms with Crippen molar-refractivity contribution in [2.75, 3.05) is 16.0 Å². The summed E-state index contributed by atoms with van der Waals surface area (Å²) < 4.78 is 0. The minimum atomic E-state index is -0.323. The van der Waals surface area contributed by atoms with E-state index >= 15 is 0 Å². The van der Waals surface area contributed by atoms with Crippen molar-refractivity contribution < 1.29 is 4.79 Å². The fourth-order valence-corrected chi connectivity index (χ4v) is 3.53. The lowest BCUT2D eigenvalue weighted by Crippen LogP contribution is -2.37. The number of aromatic nitrogens is 3. The first-order valence-corrected chi connectivity index (χ1v) is 9.18. The normalized spacial score (nSPS) is 15.8. The fourth-order valence-electron chi connectivity index (χ4n) is 2.70. The molecule has 0 saturated heterocycles. The molecule has 0 fully saturated rings. The summed E-state index contributed by atoms with van der Waals surface area (Å²) in [6.07, 6.45) is 0. The number of nitrogens with zero attached hydrogens (tertiary/aromatic N) is 3. The number of benzene rings is 1. The topological polar surface area (TPSA) is 91.8 Å². The van der Waals surface area contributed by atoms with Gasteiger partial charge in [-0.15, -0.1) is 11.3 Å². The van der Waals surface area contributed by atoms with Crippen LogP contribution < -0.4 is 16.0 Å². The maximum atomic E-state index is 12.0. The molecule has 1 unspecified atom stereocenters. The minimum Gasteiger partial charge on any atom is -0.362 e. The van der Waals surface area contributed by atoms with Crippen LogP contribution in [0.15, 0.2) is 35.7 Å². The molecule has 2 aromatic heterocycles. The van der Waals surface area contributed by atoms with E-state index in [1.165, 1.54) is 0 Å². The molecule has 1 aliphatic rings. The first-order chi connectivity index (χ1) is 12.6. The Kier molecular flexibility index (Phi) is 4.26. The molecule has 8 heteroatoms. The van der Waals surface area contributed by atoms with Gasteiger partial charge >= 0.3 is 0 Å². The second kappa shape index (κ2) is 6.72. The van der Waals surface area contributed by atoms with Crippen molar-refractivity contribution in [1.29, 1.82) is 0 Å². The van der Waals surface area contributed by atoms with Crippen LogP contribution in [0, 0.1) is 6.92 Å². The molecule has 26 heavy (non-hydrogen) atoms. The van der Waals surface area contributed by atoms with Gasteiger partial charge in [-0.25, -0.2) is 15.0 Å². The second-order valence-corrected chi connectivity index (χ2v) is 6.92. The van der Waals surface area contributed by atoms with E-state index in [0.29, 0.717) is 29.7 Å². The molecule has 0 aliphatic carbocycles. The van der Waals surface area contributed by atoms with E-state index < -0.39 is 0 Å². The summed E-state index contributed by atoms with van der Waals surface area (Å²) in [6.45, 7) is 4.13. The number of fused-ring (bicyclic) bond motifs is 1. The molecular formula is C18H18N6OS. The number of amides is 1. The zero-order valence-corrected chi connectivity index (χ0v) is 15.2. The number of thiazole rings is 1. The SMILES string of the molecule is Cc1nc(NCc2csc(-c3ccccc3)n2)c2c(n1)NC(C)C(=O)N2. The average Bonchev–Trinajstić information content (AvgIpc) is 3.11. The number of rotatable bonds is 4. The minimum absolute atomic E-state index is 0.104. The van der Waals surface area contributed by atoms with E-state index in [9.17, 15) is 4.79 Å². The van der Waals surface area contributed by atoms with E-state index in [-0.39, 0.29) is 11.9 Å². The summed E-state index contributed by atoms with van der Waals surface area (Å²) in [5.74, 6) is 1.75. The number of anilines is 3. The molecule has 1 atom stereocenters. The summed E-state index contributed by atoms with van der Waals surface area (Å²) in [5.41, 5.74) is 2.60. The van der Waals surface area contributed by atoms with Gasteiger partial charge < -0.3 is 16.0 Å². The molecule has 3 N–H and O–H groups in total. The monoisotopic (exact) mass is 366 g/mol. The van der Waals surface area contributed by atoms with Gasteiger partial charge in [0.05, 0.1) is 12.2 Å². The standard InChI is InChI=1S/C18H18N6OS/c1-10-17(25)24-14-15(21-11(2)22-16(14)20-10)19-8-13-9-26-18(23-13)12-6-4-3-5-7-12/h3-7,9-10H,8H2,1-2H3,(H,24,25)(H2,19,20,21,22). The van der Waals surface area contributed by atoms with Crippen molar-refractivity contribution in [3.05, 3.63) is 47.2 Å². The highest BCUT2D eigenvalue weighted by Crippen LogP contribution is 2.32. The predicted octanol–water partition coefficient (Wildman–Crippen LogP) is 3.27. The number of carbonyl (C=O) groups excluding carboxylic acids is 1. The third-order valence-corrected chi connectivity index (χ3v) is 4.97. The first-order valence-electron chi connectivity index (χ1n) is 8.30. The van der Waals surface area contributed by atoms with Gasteiger partial charge in [-0.05, 0) is 13.8 Å². The largest absolute Gasteiger partial charge is 0.362 e. The van der Waals surface area contributed by atoms with Gasteiger partial charge in [0.1, 0.15) is 22.6 Å². The van der Waals surface area contributed by atoms with Gasteiger partial charge in [0.15, 0.2) is 11.6 Å². The molecule has 1 amide bonds. The number of nitrogens with one attached hydrogen (secondary N) is 3. The molecule has 0 spiro atoms. The van der Waals surface area contributed by atoms with Crippen LogP contribution in [0.5, 0.6) is 0 Å². The molecule has 7 nitrogen and oxygen atoms in total. The lowest BCUT2D eigenvalue weighted by atomic mass is 10.2. The van der Waals surface area contributed by atoms with Crippen LogP contribution in [0.4, 0.5) is 17.3 Å². The third-order valence-electron chi connectivity index (χ3n) is 4.02. The van der Waals surface area contributed by atoms with Crippen molar-refractivity contribution in [3.63, 3.8) is 0 Å². The number of hydrogen-bond donors (Lipinski definition) is 3. The van der Waals surface area contributed by atoms with E-state index in [4.69, 9.17) is 0 Å². The van der Waals surface area contributed by atoms with Crippen LogP contribution in [0.3, 0.4) is 0 Å². The van der Waals surface area contributed by atoms with Gasteiger partial charge in [-0.1, -0.05) is 30.3 Å². The van der Waals surface area contributed by atoms with Crippen molar-refractivity contribution in [3.8, 4) is 10.6 Å². The zero-order chi connectivity index (χ0) is 18.1. The van der Waals surface area contributed by atoms with Crippen molar-refractivity contribution in [2.45, 2.75) is 26.4 Å². The predicted molar refractivity (Wildman–Crippen MR) is 103 cm³/mol. The Balaban J connectivity index is 1.54. The lowest BCUT2D eigenvalue weighted by Gasteiger charge is -2.25. The zero-order valence-electron chi connectivity index (χ0n) is 14.4. The Hall–Kier alpha value is -3.00. The number of carbonyl (C=O) groups is 1. The van der Waals surface area contributed by atoms with Crippen LogP contribution >= 0.6 is 11.3 Å². The Bertz CT molecular complexity index is 956. The first kappa shape index (κ1) is 16.5. The van der Waals surface area contributed by atoms with Gasteiger partial charge in [-0.3, -0.25) is 4.79 Å². The maximum absolute atomic E-state index is 12.0. The van der Waals surface area contributed by atoms with Crippen molar-refractivity contribution in [2.24, 2.45) is 0 Å². The highest BCUT2D eigenvalue weighted by atomic mass is 32.1. The smallest absolute Gasteiger partial charge is 0.246 e. The van der Waals surface area contributed by atoms with Crippen LogP contribution in [0.25, 0.3) is 10.6 Å². The quantitative estimate of drug-likeness (QED) is 0.656. The Labute approximate surface area is 154 Å². The molecular weight excluding hydrogens is 348 g/mol. The van der Waals surface area contributed by atoms with Gasteiger partial charge in [-0.2, -0.15) is 0 Å². The summed E-state index contributed by atoms with van der Waals surface area (Å²) >= 11 is 1.60. The summed E-state index contributed by atoms with van der Waals surface area (Å²) in [7, 11) is 0. The molecule has 0 bridgehead atoms. The third kappa shape index (κ3) is 3.23. The highest BCUT2D eigenvalue weighted by molar-refractivity contribution is 7.13. The number of aryl methyl sites for hydroxylation is 1. The Morgan fingerprint density at radius 2 is 2.00 bits per heavy atom. The van der Waals surface area contributed by atoms with Crippen molar-refractivity contribution >= 4 is 34.6 Å². The van der Waals surface area contributed by atoms with Gasteiger partial charge in [0.25, 0.3) is 0 Å². The molecule has 132 valence electrons. The Morgan fingerprint density at radius 1 is 1.19 bits per heavy atom. The fraction of sp³-hybridized carbons (Fsp3) is 0.222.